The summed E-state index contributed by atoms with van der Waals surface area (Å²) in [7, 11) is 28.3. The van der Waals surface area contributed by atoms with Gasteiger partial charge in [-0.05, 0) is 73.1 Å². The standard InChI is InChI=1S/C50H45B12NS/c51-36-33(24-19-20-32-30(21-24)27-15-5-6-18-31(27)64-32)41(56)48(47(62)42(36)57)63(49-43(58)37(52)34(38(53)44(49)59)28-16-7-11-22-9-1-3-13-25(22)28)50-45(60)39(54)35(40(55)46(50)61)29-17-8-12-23-10-2-4-14-26(23)29/h1-21H,51-62H2. The normalized spacial score (nSPS) is 11.6. The van der Waals surface area contributed by atoms with E-state index in [1.54, 1.807) is 0 Å². The van der Waals surface area contributed by atoms with E-state index in [-0.39, 0.29) is 0 Å². The van der Waals surface area contributed by atoms with Gasteiger partial charge in [0, 0.05) is 37.2 Å². The summed E-state index contributed by atoms with van der Waals surface area (Å²) >= 11 is 1.89. The Labute approximate surface area is 393 Å². The summed E-state index contributed by atoms with van der Waals surface area (Å²) in [5.41, 5.74) is 27.5. The van der Waals surface area contributed by atoms with Gasteiger partial charge in [0.2, 0.25) is 0 Å². The largest absolute Gasteiger partial charge is 0.314 e. The van der Waals surface area contributed by atoms with Gasteiger partial charge in [0.05, 0.1) is 0 Å². The van der Waals surface area contributed by atoms with Gasteiger partial charge in [0.25, 0.3) is 0 Å². The van der Waals surface area contributed by atoms with Crippen molar-refractivity contribution in [3.8, 4) is 33.4 Å². The van der Waals surface area contributed by atoms with Crippen molar-refractivity contribution in [3.05, 3.63) is 127 Å². The van der Waals surface area contributed by atoms with Gasteiger partial charge in [-0.25, -0.2) is 0 Å². The van der Waals surface area contributed by atoms with E-state index < -0.39 is 0 Å². The number of fused-ring (bicyclic) bond motifs is 5. The molecule has 1 aromatic heterocycles. The predicted molar refractivity (Wildman–Crippen MR) is 323 cm³/mol. The fourth-order valence-electron chi connectivity index (χ4n) is 11.3. The van der Waals surface area contributed by atoms with Gasteiger partial charge >= 0.3 is 0 Å². The number of nitrogens with zero attached hydrogens (tertiary/aromatic N) is 1. The van der Waals surface area contributed by atoms with Crippen molar-refractivity contribution < 1.29 is 0 Å². The van der Waals surface area contributed by atoms with Gasteiger partial charge in [0.1, 0.15) is 94.2 Å². The number of thiophene rings is 1. The van der Waals surface area contributed by atoms with Crippen LogP contribution in [-0.4, -0.2) is 94.2 Å². The third-order valence-corrected chi connectivity index (χ3v) is 16.4. The molecule has 10 aromatic rings. The first-order valence-corrected chi connectivity index (χ1v) is 23.6. The lowest BCUT2D eigenvalue weighted by atomic mass is 9.61. The molecule has 292 valence electrons. The first kappa shape index (κ1) is 42.3. The first-order valence-electron chi connectivity index (χ1n) is 22.8. The topological polar surface area (TPSA) is 3.24 Å². The second-order valence-corrected chi connectivity index (χ2v) is 19.5. The highest BCUT2D eigenvalue weighted by Gasteiger charge is 2.30. The fraction of sp³-hybridized carbons (Fsp3) is 0. The van der Waals surface area contributed by atoms with Crippen molar-refractivity contribution in [1.82, 2.24) is 0 Å². The third-order valence-electron chi connectivity index (χ3n) is 15.2. The molecular formula is C50H45B12NS. The Morgan fingerprint density at radius 3 is 1.20 bits per heavy atom. The lowest BCUT2D eigenvalue weighted by Gasteiger charge is -2.39. The minimum Gasteiger partial charge on any atom is -0.314 e. The molecule has 0 amide bonds. The quantitative estimate of drug-likeness (QED) is 0.151. The average molecular weight is 822 g/mol. The van der Waals surface area contributed by atoms with Crippen molar-refractivity contribution in [2.75, 3.05) is 4.90 Å². The van der Waals surface area contributed by atoms with Crippen LogP contribution in [0.25, 0.3) is 75.1 Å². The average Bonchev–Trinajstić information content (AvgIpc) is 3.68. The first-order chi connectivity index (χ1) is 30.8. The molecule has 0 unspecified atom stereocenters. The summed E-state index contributed by atoms with van der Waals surface area (Å²) in [5.74, 6) is 0. The van der Waals surface area contributed by atoms with Crippen molar-refractivity contribution in [2.45, 2.75) is 0 Å². The SMILES string of the molecule is Bc1c(B)c(-c2ccc3sc4ccccc4c3c2)c(B)c(N(c2c(B)c(B)c(-c3cccc4ccccc34)c(B)c2B)c2c(B)c(B)c(-c3cccc4ccccc34)c(B)c2B)c1B. The van der Waals surface area contributed by atoms with Gasteiger partial charge in [-0.1, -0.05) is 175 Å². The van der Waals surface area contributed by atoms with E-state index in [9.17, 15) is 0 Å². The number of hydrogen-bond donors (Lipinski definition) is 0. The van der Waals surface area contributed by atoms with Crippen LogP contribution >= 0.6 is 11.3 Å². The molecule has 0 fully saturated rings. The van der Waals surface area contributed by atoms with Crippen LogP contribution in [0.3, 0.4) is 0 Å². The maximum absolute atomic E-state index is 2.72. The highest BCUT2D eigenvalue weighted by Crippen LogP contribution is 2.37. The van der Waals surface area contributed by atoms with Gasteiger partial charge in [-0.15, -0.1) is 11.3 Å². The van der Waals surface area contributed by atoms with Crippen LogP contribution in [-0.2, 0) is 0 Å². The second-order valence-electron chi connectivity index (χ2n) is 18.4. The maximum atomic E-state index is 2.72. The Morgan fingerprint density at radius 1 is 0.297 bits per heavy atom. The molecule has 9 aromatic carbocycles. The van der Waals surface area contributed by atoms with Crippen molar-refractivity contribution in [2.24, 2.45) is 0 Å². The summed E-state index contributed by atoms with van der Waals surface area (Å²) < 4.78 is 2.67. The Kier molecular flexibility index (Phi) is 10.6. The fourth-order valence-corrected chi connectivity index (χ4v) is 12.4. The van der Waals surface area contributed by atoms with Crippen molar-refractivity contribution in [3.63, 3.8) is 0 Å². The van der Waals surface area contributed by atoms with Gasteiger partial charge in [-0.2, -0.15) is 0 Å². The zero-order chi connectivity index (χ0) is 44.9. The van der Waals surface area contributed by atoms with Crippen molar-refractivity contribution in [1.29, 1.82) is 0 Å². The van der Waals surface area contributed by atoms with Crippen LogP contribution in [0.15, 0.2) is 127 Å². The Bertz CT molecular complexity index is 3410. The van der Waals surface area contributed by atoms with Crippen LogP contribution in [0.2, 0.25) is 0 Å². The van der Waals surface area contributed by atoms with E-state index in [0.717, 1.165) is 0 Å². The minimum atomic E-state index is 1.27. The Balaban J connectivity index is 1.31. The molecule has 0 saturated heterocycles. The number of anilines is 3. The molecule has 1 nitrogen and oxygen atoms in total. The summed E-state index contributed by atoms with van der Waals surface area (Å²) in [6, 6.07) is 47.2. The summed E-state index contributed by atoms with van der Waals surface area (Å²) in [5, 5.41) is 7.79. The Morgan fingerprint density at radius 2 is 0.688 bits per heavy atom. The molecular weight excluding hydrogens is 776 g/mol. The molecule has 64 heavy (non-hydrogen) atoms. The van der Waals surface area contributed by atoms with Crippen LogP contribution in [0.5, 0.6) is 0 Å². The lowest BCUT2D eigenvalue weighted by Crippen LogP contribution is -2.54. The second kappa shape index (κ2) is 16.1. The molecule has 1 heterocycles. The lowest BCUT2D eigenvalue weighted by molar-refractivity contribution is 1.36. The van der Waals surface area contributed by atoms with Crippen LogP contribution in [0.4, 0.5) is 17.1 Å². The molecule has 0 N–H and O–H groups in total. The van der Waals surface area contributed by atoms with Gasteiger partial charge in [-0.3, -0.25) is 0 Å². The number of benzene rings is 9. The molecule has 0 atom stereocenters. The summed E-state index contributed by atoms with van der Waals surface area (Å²) in [6.45, 7) is 0. The monoisotopic (exact) mass is 823 g/mol. The summed E-state index contributed by atoms with van der Waals surface area (Å²) in [6.07, 6.45) is 0. The van der Waals surface area contributed by atoms with E-state index in [2.05, 4.69) is 226 Å². The van der Waals surface area contributed by atoms with E-state index >= 15 is 0 Å². The maximum Gasteiger partial charge on any atom is 0.142 e. The van der Waals surface area contributed by atoms with Gasteiger partial charge < -0.3 is 4.90 Å². The molecule has 0 aliphatic rings. The van der Waals surface area contributed by atoms with E-state index in [1.807, 2.05) is 11.3 Å². The zero-order valence-electron chi connectivity index (χ0n) is 39.5. The number of rotatable bonds is 6. The van der Waals surface area contributed by atoms with Crippen LogP contribution in [0, 0.1) is 0 Å². The van der Waals surface area contributed by atoms with Crippen LogP contribution < -0.4 is 70.5 Å². The number of hydrogen-bond acceptors (Lipinski definition) is 2. The molecule has 0 saturated carbocycles. The third kappa shape index (κ3) is 6.38. The molecule has 0 aliphatic heterocycles. The Hall–Kier alpha value is -5.70. The molecule has 10 rings (SSSR count). The van der Waals surface area contributed by atoms with Gasteiger partial charge in [0.15, 0.2) is 0 Å². The van der Waals surface area contributed by atoms with E-state index in [1.165, 1.54) is 158 Å². The molecule has 14 heteroatoms. The van der Waals surface area contributed by atoms with E-state index in [4.69, 9.17) is 0 Å². The molecule has 0 aliphatic carbocycles. The predicted octanol–water partition coefficient (Wildman–Crippen LogP) is -6.07. The van der Waals surface area contributed by atoms with E-state index in [0.29, 0.717) is 0 Å². The molecule has 0 bridgehead atoms. The van der Waals surface area contributed by atoms with Crippen molar-refractivity contribution >= 4 is 230 Å². The highest BCUT2D eigenvalue weighted by molar-refractivity contribution is 7.25. The zero-order valence-corrected chi connectivity index (χ0v) is 40.3. The van der Waals surface area contributed by atoms with Crippen LogP contribution in [0.1, 0.15) is 0 Å². The smallest absolute Gasteiger partial charge is 0.142 e. The summed E-state index contributed by atoms with van der Waals surface area (Å²) in [4.78, 5) is 2.72. The molecule has 0 spiro atoms. The highest BCUT2D eigenvalue weighted by atomic mass is 32.1. The molecule has 0 radical (unpaired) electrons. The minimum absolute atomic E-state index is 1.27.